The van der Waals surface area contributed by atoms with E-state index in [0.29, 0.717) is 27.8 Å². The molecule has 3 N–H and O–H groups in total. The van der Waals surface area contributed by atoms with Crippen LogP contribution in [0.5, 0.6) is 0 Å². The monoisotopic (exact) mass is 470 g/mol. The first-order chi connectivity index (χ1) is 16.5. The Balaban J connectivity index is 1.58. The van der Waals surface area contributed by atoms with Crippen LogP contribution in [0, 0.1) is 0 Å². The number of nitrogens with zero attached hydrogens (tertiary/aromatic N) is 6. The van der Waals surface area contributed by atoms with Gasteiger partial charge in [0.15, 0.2) is 11.5 Å². The van der Waals surface area contributed by atoms with Crippen LogP contribution in [0.4, 0.5) is 5.82 Å². The molecule has 0 spiro atoms. The number of nitrogen functional groups attached to an aromatic ring is 1. The topological polar surface area (TPSA) is 124 Å². The van der Waals surface area contributed by atoms with Gasteiger partial charge in [0, 0.05) is 48.7 Å². The van der Waals surface area contributed by atoms with Crippen LogP contribution in [0.2, 0.25) is 5.15 Å². The van der Waals surface area contributed by atoms with Crippen LogP contribution in [0.1, 0.15) is 16.1 Å². The van der Waals surface area contributed by atoms with Crippen LogP contribution in [-0.4, -0.2) is 35.6 Å². The zero-order chi connectivity index (χ0) is 23.7. The van der Waals surface area contributed by atoms with Crippen molar-refractivity contribution in [2.75, 3.05) is 5.73 Å². The molecule has 0 atom stereocenters. The maximum atomic E-state index is 13.0. The minimum absolute atomic E-state index is 0.00152. The number of nitrogens with two attached hydrogens (primary N) is 1. The van der Waals surface area contributed by atoms with E-state index < -0.39 is 5.91 Å². The third-order valence-electron chi connectivity index (χ3n) is 5.25. The molecule has 9 nitrogen and oxygen atoms in total. The van der Waals surface area contributed by atoms with Gasteiger partial charge < -0.3 is 11.1 Å². The van der Waals surface area contributed by atoms with Crippen LogP contribution in [0.15, 0.2) is 67.1 Å². The number of hydrogen-bond acceptors (Lipinski definition) is 7. The molecule has 0 aliphatic carbocycles. The van der Waals surface area contributed by atoms with Gasteiger partial charge >= 0.3 is 0 Å². The molecule has 0 aliphatic rings. The molecule has 4 heterocycles. The van der Waals surface area contributed by atoms with Crippen molar-refractivity contribution < 1.29 is 4.79 Å². The lowest BCUT2D eigenvalue weighted by atomic mass is 10.0. The molecule has 34 heavy (non-hydrogen) atoms. The Kier molecular flexibility index (Phi) is 5.60. The molecular weight excluding hydrogens is 452 g/mol. The number of aryl methyl sites for hydroxylation is 1. The number of carbonyl (C=O) groups is 1. The fourth-order valence-corrected chi connectivity index (χ4v) is 3.76. The molecule has 0 bridgehead atoms. The molecule has 0 fully saturated rings. The smallest absolute Gasteiger partial charge is 0.274 e. The summed E-state index contributed by atoms with van der Waals surface area (Å²) in [6.07, 6.45) is 5.12. The molecule has 4 aromatic heterocycles. The summed E-state index contributed by atoms with van der Waals surface area (Å²) >= 11 is 6.10. The number of benzene rings is 1. The van der Waals surface area contributed by atoms with Crippen molar-refractivity contribution in [1.82, 2.24) is 35.0 Å². The van der Waals surface area contributed by atoms with Gasteiger partial charge in [-0.05, 0) is 30.3 Å². The van der Waals surface area contributed by atoms with E-state index >= 15 is 0 Å². The van der Waals surface area contributed by atoms with E-state index in [0.717, 1.165) is 16.5 Å². The van der Waals surface area contributed by atoms with Gasteiger partial charge in [0.1, 0.15) is 16.5 Å². The summed E-state index contributed by atoms with van der Waals surface area (Å²) in [5.74, 6) is -0.470. The number of hydrogen-bond donors (Lipinski definition) is 2. The number of amides is 1. The lowest BCUT2D eigenvalue weighted by Crippen LogP contribution is -2.26. The standard InChI is InChI=1S/C24H19ClN8O/c1-33-11-8-18(32-33)20-19(15-6-7-17-14(12-15)4-2-9-27-17)30-21(23(26)31-20)24(34)29-13-16-5-3-10-28-22(16)25/h2-12H,13H2,1H3,(H2,26,31)(H,29,34). The quantitative estimate of drug-likeness (QED) is 0.375. The van der Waals surface area contributed by atoms with E-state index in [1.165, 1.54) is 0 Å². The SMILES string of the molecule is Cn1ccc(-c2nc(N)c(C(=O)NCc3cccnc3Cl)nc2-c2ccc3ncccc3c2)n1. The molecule has 0 saturated carbocycles. The van der Waals surface area contributed by atoms with Crippen LogP contribution in [0.25, 0.3) is 33.5 Å². The van der Waals surface area contributed by atoms with Crippen molar-refractivity contribution in [2.45, 2.75) is 6.54 Å². The normalized spacial score (nSPS) is 11.0. The van der Waals surface area contributed by atoms with E-state index in [-0.39, 0.29) is 18.1 Å². The van der Waals surface area contributed by atoms with Gasteiger partial charge in [-0.2, -0.15) is 5.10 Å². The first kappa shape index (κ1) is 21.5. The molecular formula is C24H19ClN8O. The molecule has 5 aromatic rings. The zero-order valence-electron chi connectivity index (χ0n) is 18.1. The third-order valence-corrected chi connectivity index (χ3v) is 5.59. The molecule has 0 radical (unpaired) electrons. The van der Waals surface area contributed by atoms with Crippen molar-refractivity contribution in [3.8, 4) is 22.6 Å². The third kappa shape index (κ3) is 4.16. The summed E-state index contributed by atoms with van der Waals surface area (Å²) in [5.41, 5.74) is 10.1. The predicted octanol–water partition coefficient (Wildman–Crippen LogP) is 3.65. The maximum absolute atomic E-state index is 13.0. The molecule has 1 amide bonds. The van der Waals surface area contributed by atoms with Crippen LogP contribution >= 0.6 is 11.6 Å². The Morgan fingerprint density at radius 2 is 1.88 bits per heavy atom. The van der Waals surface area contributed by atoms with Gasteiger partial charge in [0.25, 0.3) is 5.91 Å². The average molecular weight is 471 g/mol. The molecule has 0 aliphatic heterocycles. The van der Waals surface area contributed by atoms with E-state index in [1.54, 1.807) is 35.4 Å². The number of anilines is 1. The summed E-state index contributed by atoms with van der Waals surface area (Å²) in [5, 5.41) is 8.50. The lowest BCUT2D eigenvalue weighted by Gasteiger charge is -2.13. The number of rotatable bonds is 5. The summed E-state index contributed by atoms with van der Waals surface area (Å²) < 4.78 is 1.67. The summed E-state index contributed by atoms with van der Waals surface area (Å²) in [4.78, 5) is 30.6. The molecule has 168 valence electrons. The Hall–Kier alpha value is -4.37. The van der Waals surface area contributed by atoms with E-state index in [2.05, 4.69) is 30.4 Å². The van der Waals surface area contributed by atoms with E-state index in [9.17, 15) is 4.79 Å². The molecule has 0 saturated heterocycles. The highest BCUT2D eigenvalue weighted by atomic mass is 35.5. The second-order valence-electron chi connectivity index (χ2n) is 7.58. The number of aromatic nitrogens is 6. The van der Waals surface area contributed by atoms with Crippen molar-refractivity contribution >= 4 is 34.2 Å². The molecule has 10 heteroatoms. The number of nitrogens with one attached hydrogen (secondary N) is 1. The van der Waals surface area contributed by atoms with Gasteiger partial charge in [0.05, 0.1) is 11.2 Å². The second kappa shape index (κ2) is 8.87. The Morgan fingerprint density at radius 3 is 2.68 bits per heavy atom. The van der Waals surface area contributed by atoms with Gasteiger partial charge in [0.2, 0.25) is 0 Å². The van der Waals surface area contributed by atoms with Gasteiger partial charge in [-0.25, -0.2) is 15.0 Å². The largest absolute Gasteiger partial charge is 0.382 e. The van der Waals surface area contributed by atoms with Gasteiger partial charge in [-0.1, -0.05) is 29.8 Å². The minimum Gasteiger partial charge on any atom is -0.382 e. The van der Waals surface area contributed by atoms with E-state index in [1.807, 2.05) is 43.4 Å². The second-order valence-corrected chi connectivity index (χ2v) is 7.93. The first-order valence-electron chi connectivity index (χ1n) is 10.4. The van der Waals surface area contributed by atoms with Crippen molar-refractivity contribution in [1.29, 1.82) is 0 Å². The van der Waals surface area contributed by atoms with Crippen molar-refractivity contribution in [2.24, 2.45) is 7.05 Å². The van der Waals surface area contributed by atoms with Crippen LogP contribution < -0.4 is 11.1 Å². The summed E-state index contributed by atoms with van der Waals surface area (Å²) in [6, 6.07) is 14.9. The van der Waals surface area contributed by atoms with Crippen LogP contribution in [-0.2, 0) is 13.6 Å². The minimum atomic E-state index is -0.471. The number of pyridine rings is 2. The number of halogens is 1. The average Bonchev–Trinajstić information content (AvgIpc) is 3.29. The van der Waals surface area contributed by atoms with Crippen molar-refractivity contribution in [3.63, 3.8) is 0 Å². The highest BCUT2D eigenvalue weighted by molar-refractivity contribution is 6.30. The zero-order valence-corrected chi connectivity index (χ0v) is 18.9. The Labute approximate surface area is 199 Å². The number of fused-ring (bicyclic) bond motifs is 1. The molecule has 1 aromatic carbocycles. The highest BCUT2D eigenvalue weighted by Gasteiger charge is 2.21. The lowest BCUT2D eigenvalue weighted by molar-refractivity contribution is 0.0946. The Bertz CT molecular complexity index is 1530. The maximum Gasteiger partial charge on any atom is 0.274 e. The molecule has 5 rings (SSSR count). The summed E-state index contributed by atoms with van der Waals surface area (Å²) in [7, 11) is 1.81. The van der Waals surface area contributed by atoms with Crippen molar-refractivity contribution in [3.05, 3.63) is 83.5 Å². The van der Waals surface area contributed by atoms with Gasteiger partial charge in [-0.15, -0.1) is 0 Å². The van der Waals surface area contributed by atoms with Gasteiger partial charge in [-0.3, -0.25) is 14.5 Å². The Morgan fingerprint density at radius 1 is 1.06 bits per heavy atom. The first-order valence-corrected chi connectivity index (χ1v) is 10.8. The predicted molar refractivity (Wildman–Crippen MR) is 130 cm³/mol. The fourth-order valence-electron chi connectivity index (χ4n) is 3.57. The van der Waals surface area contributed by atoms with Crippen LogP contribution in [0.3, 0.4) is 0 Å². The number of carbonyl (C=O) groups excluding carboxylic acids is 1. The van der Waals surface area contributed by atoms with E-state index in [4.69, 9.17) is 17.3 Å². The fraction of sp³-hybridized carbons (Fsp3) is 0.0833. The highest BCUT2D eigenvalue weighted by Crippen LogP contribution is 2.31. The molecule has 0 unspecified atom stereocenters. The summed E-state index contributed by atoms with van der Waals surface area (Å²) in [6.45, 7) is 0.172.